The predicted molar refractivity (Wildman–Crippen MR) is 62.0 cm³/mol. The highest BCUT2D eigenvalue weighted by molar-refractivity contribution is 5.81. The molecule has 1 aromatic rings. The van der Waals surface area contributed by atoms with Crippen LogP contribution in [0.15, 0.2) is 30.3 Å². The zero-order chi connectivity index (χ0) is 11.8. The first-order valence-electron chi connectivity index (χ1n) is 5.51. The topological polar surface area (TPSA) is 48.2 Å². The number of ether oxygens (including phenoxy) is 1. The molecule has 0 bridgehead atoms. The van der Waals surface area contributed by atoms with Crippen molar-refractivity contribution in [1.29, 1.82) is 0 Å². The first-order valence-corrected chi connectivity index (χ1v) is 5.51. The fraction of sp³-hybridized carbons (Fsp3) is 0.462. The van der Waals surface area contributed by atoms with Gasteiger partial charge in [0.05, 0.1) is 6.04 Å². The van der Waals surface area contributed by atoms with Crippen LogP contribution in [0.4, 0.5) is 0 Å². The minimum atomic E-state index is -0.414. The van der Waals surface area contributed by atoms with Crippen LogP contribution in [0.1, 0.15) is 32.4 Å². The number of benzene rings is 1. The summed E-state index contributed by atoms with van der Waals surface area (Å²) in [6.07, 6.45) is 0. The molecule has 2 rings (SSSR count). The quantitative estimate of drug-likeness (QED) is 0.611. The lowest BCUT2D eigenvalue weighted by Crippen LogP contribution is -2.27. The molecule has 2 atom stereocenters. The van der Waals surface area contributed by atoms with E-state index in [1.165, 1.54) is 0 Å². The molecule has 0 radical (unpaired) electrons. The molecular weight excluding hydrogens is 202 g/mol. The van der Waals surface area contributed by atoms with Crippen LogP contribution in [0.3, 0.4) is 0 Å². The monoisotopic (exact) mass is 219 g/mol. The number of nitrogens with one attached hydrogen (secondary N) is 1. The van der Waals surface area contributed by atoms with Gasteiger partial charge in [-0.15, -0.1) is 0 Å². The summed E-state index contributed by atoms with van der Waals surface area (Å²) in [7, 11) is 0. The Morgan fingerprint density at radius 3 is 2.44 bits per heavy atom. The molecule has 2 unspecified atom stereocenters. The van der Waals surface area contributed by atoms with Crippen LogP contribution in [-0.2, 0) is 9.53 Å². The summed E-state index contributed by atoms with van der Waals surface area (Å²) in [4.78, 5) is 11.7. The van der Waals surface area contributed by atoms with Crippen molar-refractivity contribution in [3.63, 3.8) is 0 Å². The second-order valence-corrected chi connectivity index (χ2v) is 5.07. The Hall–Kier alpha value is -1.35. The van der Waals surface area contributed by atoms with Gasteiger partial charge in [-0.25, -0.2) is 0 Å². The molecule has 3 nitrogen and oxygen atoms in total. The van der Waals surface area contributed by atoms with Gasteiger partial charge in [0.2, 0.25) is 0 Å². The normalized spacial score (nSPS) is 23.9. The average molecular weight is 219 g/mol. The second kappa shape index (κ2) is 3.91. The molecule has 0 saturated carbocycles. The van der Waals surface area contributed by atoms with Crippen molar-refractivity contribution in [2.45, 2.75) is 38.5 Å². The van der Waals surface area contributed by atoms with E-state index in [1.807, 2.05) is 51.1 Å². The van der Waals surface area contributed by atoms with Gasteiger partial charge in [-0.2, -0.15) is 0 Å². The highest BCUT2D eigenvalue weighted by Crippen LogP contribution is 2.31. The molecule has 1 heterocycles. The van der Waals surface area contributed by atoms with Crippen molar-refractivity contribution in [3.8, 4) is 0 Å². The lowest BCUT2D eigenvalue weighted by Gasteiger charge is -2.19. The average Bonchev–Trinajstić information content (AvgIpc) is 2.96. The summed E-state index contributed by atoms with van der Waals surface area (Å²) in [6.45, 7) is 5.64. The number of hydrogen-bond acceptors (Lipinski definition) is 3. The second-order valence-electron chi connectivity index (χ2n) is 5.07. The van der Waals surface area contributed by atoms with E-state index in [9.17, 15) is 4.79 Å². The summed E-state index contributed by atoms with van der Waals surface area (Å²) in [5.41, 5.74) is 0.723. The number of rotatable bonds is 2. The number of esters is 1. The van der Waals surface area contributed by atoms with Crippen molar-refractivity contribution in [1.82, 2.24) is 5.32 Å². The molecule has 1 saturated heterocycles. The van der Waals surface area contributed by atoms with Crippen LogP contribution >= 0.6 is 0 Å². The maximum atomic E-state index is 11.7. The summed E-state index contributed by atoms with van der Waals surface area (Å²) in [6, 6.07) is 9.89. The van der Waals surface area contributed by atoms with Crippen LogP contribution in [0.25, 0.3) is 0 Å². The highest BCUT2D eigenvalue weighted by Gasteiger charge is 2.45. The molecule has 16 heavy (non-hydrogen) atoms. The Bertz CT molecular complexity index is 381. The molecular formula is C13H17NO2. The fourth-order valence-electron chi connectivity index (χ4n) is 1.66. The van der Waals surface area contributed by atoms with E-state index < -0.39 is 5.60 Å². The minimum Gasteiger partial charge on any atom is -0.459 e. The zero-order valence-corrected chi connectivity index (χ0v) is 9.86. The van der Waals surface area contributed by atoms with E-state index in [4.69, 9.17) is 4.74 Å². The van der Waals surface area contributed by atoms with Crippen LogP contribution in [0.5, 0.6) is 0 Å². The molecule has 0 amide bonds. The van der Waals surface area contributed by atoms with Gasteiger partial charge >= 0.3 is 5.97 Å². The van der Waals surface area contributed by atoms with E-state index in [0.717, 1.165) is 5.56 Å². The van der Waals surface area contributed by atoms with Crippen molar-refractivity contribution in [3.05, 3.63) is 35.9 Å². The number of carbonyl (C=O) groups is 1. The largest absolute Gasteiger partial charge is 0.459 e. The Morgan fingerprint density at radius 1 is 1.25 bits per heavy atom. The summed E-state index contributed by atoms with van der Waals surface area (Å²) >= 11 is 0. The van der Waals surface area contributed by atoms with Crippen LogP contribution in [0, 0.1) is 0 Å². The first-order chi connectivity index (χ1) is 7.47. The predicted octanol–water partition coefficient (Wildman–Crippen LogP) is 2.04. The summed E-state index contributed by atoms with van der Waals surface area (Å²) in [5, 5.41) is 3.13. The molecule has 0 aromatic heterocycles. The van der Waals surface area contributed by atoms with E-state index in [0.29, 0.717) is 0 Å². The summed E-state index contributed by atoms with van der Waals surface area (Å²) in [5.74, 6) is -0.165. The third-order valence-electron chi connectivity index (χ3n) is 2.40. The van der Waals surface area contributed by atoms with Crippen LogP contribution in [-0.4, -0.2) is 17.6 Å². The van der Waals surface area contributed by atoms with Crippen molar-refractivity contribution < 1.29 is 9.53 Å². The maximum Gasteiger partial charge on any atom is 0.325 e. The van der Waals surface area contributed by atoms with Gasteiger partial charge in [0.15, 0.2) is 0 Å². The molecule has 1 fully saturated rings. The third-order valence-corrected chi connectivity index (χ3v) is 2.40. The number of hydrogen-bond donors (Lipinski definition) is 1. The van der Waals surface area contributed by atoms with Crippen molar-refractivity contribution in [2.75, 3.05) is 0 Å². The lowest BCUT2D eigenvalue weighted by atomic mass is 10.1. The van der Waals surface area contributed by atoms with Gasteiger partial charge in [0, 0.05) is 0 Å². The SMILES string of the molecule is CC(C)(C)OC(=O)C1NC1c1ccccc1. The highest BCUT2D eigenvalue weighted by atomic mass is 16.6. The van der Waals surface area contributed by atoms with Crippen molar-refractivity contribution in [2.24, 2.45) is 0 Å². The Kier molecular flexibility index (Phi) is 2.72. The van der Waals surface area contributed by atoms with Gasteiger partial charge in [-0.05, 0) is 26.3 Å². The molecule has 3 heteroatoms. The van der Waals surface area contributed by atoms with Crippen LogP contribution in [0.2, 0.25) is 0 Å². The standard InChI is InChI=1S/C13H17NO2/c1-13(2,3)16-12(15)11-10(14-11)9-7-5-4-6-8-9/h4-8,10-11,14H,1-3H3. The Morgan fingerprint density at radius 2 is 1.88 bits per heavy atom. The van der Waals surface area contributed by atoms with Gasteiger partial charge in [0.1, 0.15) is 11.6 Å². The smallest absolute Gasteiger partial charge is 0.325 e. The Labute approximate surface area is 95.8 Å². The fourth-order valence-corrected chi connectivity index (χ4v) is 1.66. The molecule has 0 spiro atoms. The summed E-state index contributed by atoms with van der Waals surface area (Å²) < 4.78 is 5.31. The molecule has 1 aromatic carbocycles. The first kappa shape index (κ1) is 11.1. The van der Waals surface area contributed by atoms with E-state index in [-0.39, 0.29) is 18.1 Å². The molecule has 1 aliphatic rings. The van der Waals surface area contributed by atoms with Crippen molar-refractivity contribution >= 4 is 5.97 Å². The molecule has 86 valence electrons. The Balaban J connectivity index is 1.95. The van der Waals surface area contributed by atoms with Gasteiger partial charge < -0.3 is 4.74 Å². The molecule has 0 aliphatic carbocycles. The molecule has 1 N–H and O–H groups in total. The van der Waals surface area contributed by atoms with E-state index in [1.54, 1.807) is 0 Å². The third kappa shape index (κ3) is 2.61. The number of carbonyl (C=O) groups excluding carboxylic acids is 1. The minimum absolute atomic E-state index is 0.121. The van der Waals surface area contributed by atoms with Crippen LogP contribution < -0.4 is 5.32 Å². The van der Waals surface area contributed by atoms with E-state index in [2.05, 4.69) is 5.32 Å². The lowest BCUT2D eigenvalue weighted by molar-refractivity contribution is -0.154. The van der Waals surface area contributed by atoms with Gasteiger partial charge in [-0.1, -0.05) is 30.3 Å². The van der Waals surface area contributed by atoms with E-state index >= 15 is 0 Å². The van der Waals surface area contributed by atoms with Gasteiger partial charge in [0.25, 0.3) is 0 Å². The van der Waals surface area contributed by atoms with Gasteiger partial charge in [-0.3, -0.25) is 10.1 Å². The maximum absolute atomic E-state index is 11.7. The molecule has 1 aliphatic heterocycles. The zero-order valence-electron chi connectivity index (χ0n) is 9.86.